The van der Waals surface area contributed by atoms with Crippen molar-refractivity contribution in [2.45, 2.75) is 76.2 Å². The van der Waals surface area contributed by atoms with Crippen LogP contribution in [0.3, 0.4) is 0 Å². The van der Waals surface area contributed by atoms with Gasteiger partial charge in [-0.3, -0.25) is 24.0 Å². The number of likely N-dealkylation sites (tertiary alicyclic amines) is 2. The van der Waals surface area contributed by atoms with Gasteiger partial charge in [-0.1, -0.05) is 50.1 Å². The summed E-state index contributed by atoms with van der Waals surface area (Å²) in [6, 6.07) is 12.8. The molecule has 2 aromatic rings. The van der Waals surface area contributed by atoms with Crippen molar-refractivity contribution in [2.75, 3.05) is 7.05 Å². The van der Waals surface area contributed by atoms with Crippen LogP contribution < -0.4 is 11.2 Å². The van der Waals surface area contributed by atoms with Crippen LogP contribution in [0.1, 0.15) is 44.6 Å². The van der Waals surface area contributed by atoms with Crippen LogP contribution in [0.2, 0.25) is 0 Å². The highest BCUT2D eigenvalue weighted by Crippen LogP contribution is 2.55. The summed E-state index contributed by atoms with van der Waals surface area (Å²) < 4.78 is 1.32. The van der Waals surface area contributed by atoms with E-state index >= 15 is 0 Å². The van der Waals surface area contributed by atoms with E-state index in [9.17, 15) is 14.4 Å². The average Bonchev–Trinajstić information content (AvgIpc) is 2.92. The number of H-pyrrole nitrogens is 1. The van der Waals surface area contributed by atoms with E-state index in [2.05, 4.69) is 53.0 Å². The first kappa shape index (κ1) is 21.2. The van der Waals surface area contributed by atoms with E-state index in [4.69, 9.17) is 0 Å². The molecule has 3 heterocycles. The highest BCUT2D eigenvalue weighted by atomic mass is 16.2. The molecule has 1 saturated carbocycles. The normalized spacial score (nSPS) is 32.0. The van der Waals surface area contributed by atoms with Gasteiger partial charge in [0.05, 0.1) is 0 Å². The van der Waals surface area contributed by atoms with Crippen LogP contribution >= 0.6 is 0 Å². The second-order valence-electron chi connectivity index (χ2n) is 10.1. The Hall–Kier alpha value is -2.67. The zero-order valence-corrected chi connectivity index (χ0v) is 18.9. The molecule has 1 N–H and O–H groups in total. The largest absolute Gasteiger partial charge is 0.333 e. The lowest BCUT2D eigenvalue weighted by Crippen LogP contribution is -2.58. The van der Waals surface area contributed by atoms with Crippen molar-refractivity contribution in [1.29, 1.82) is 0 Å². The summed E-state index contributed by atoms with van der Waals surface area (Å²) in [5.41, 5.74) is 0.376. The van der Waals surface area contributed by atoms with Crippen molar-refractivity contribution in [3.8, 4) is 0 Å². The number of aromatic amines is 1. The maximum absolute atomic E-state index is 13.7. The average molecular weight is 437 g/mol. The van der Waals surface area contributed by atoms with Crippen LogP contribution in [-0.2, 0) is 17.8 Å². The Kier molecular flexibility index (Phi) is 5.32. The fraction of sp³-hybridized carbons (Fsp3) is 0.560. The third kappa shape index (κ3) is 3.43. The van der Waals surface area contributed by atoms with Crippen molar-refractivity contribution >= 4 is 5.91 Å². The number of hydrogen-bond acceptors (Lipinski definition) is 4. The van der Waals surface area contributed by atoms with Gasteiger partial charge < -0.3 is 4.90 Å². The van der Waals surface area contributed by atoms with Gasteiger partial charge in [-0.15, -0.1) is 0 Å². The number of nitrogens with one attached hydrogen (secondary N) is 1. The molecule has 2 aliphatic heterocycles. The SMILES string of the molecule is CN1[C@@H](Cc2ccccc2)[C@@H]2C[C@@]3(C)[C@H](CCCC[C@@H]13)N2C(=O)Cn1ccc(=O)[nH]c1=O. The Morgan fingerprint density at radius 3 is 2.53 bits per heavy atom. The van der Waals surface area contributed by atoms with Crippen molar-refractivity contribution in [2.24, 2.45) is 5.41 Å². The molecule has 0 spiro atoms. The summed E-state index contributed by atoms with van der Waals surface area (Å²) >= 11 is 0. The zero-order valence-electron chi connectivity index (χ0n) is 18.9. The number of carbonyl (C=O) groups excluding carboxylic acids is 1. The number of likely N-dealkylation sites (N-methyl/N-ethyl adjacent to an activating group) is 1. The molecule has 0 unspecified atom stereocenters. The van der Waals surface area contributed by atoms with E-state index in [-0.39, 0.29) is 36.0 Å². The van der Waals surface area contributed by atoms with Crippen LogP contribution in [0.15, 0.2) is 52.2 Å². The zero-order chi connectivity index (χ0) is 22.5. The molecule has 2 bridgehead atoms. The Morgan fingerprint density at radius 2 is 1.81 bits per heavy atom. The molecule has 170 valence electrons. The van der Waals surface area contributed by atoms with Crippen molar-refractivity contribution < 1.29 is 4.79 Å². The molecule has 5 rings (SSSR count). The lowest BCUT2D eigenvalue weighted by Gasteiger charge is -2.49. The molecule has 1 aromatic carbocycles. The molecular weight excluding hydrogens is 404 g/mol. The third-order valence-electron chi connectivity index (χ3n) is 8.31. The molecular formula is C25H32N4O3. The van der Waals surface area contributed by atoms with Gasteiger partial charge in [0.1, 0.15) is 6.54 Å². The summed E-state index contributed by atoms with van der Waals surface area (Å²) in [5, 5.41) is 0. The number of nitrogens with zero attached hydrogens (tertiary/aromatic N) is 3. The van der Waals surface area contributed by atoms with Crippen LogP contribution in [0.25, 0.3) is 0 Å². The molecule has 3 aliphatic rings. The summed E-state index contributed by atoms with van der Waals surface area (Å²) in [7, 11) is 2.24. The first-order valence-electron chi connectivity index (χ1n) is 11.8. The quantitative estimate of drug-likeness (QED) is 0.795. The van der Waals surface area contributed by atoms with Gasteiger partial charge in [-0.05, 0) is 38.3 Å². The highest BCUT2D eigenvalue weighted by Gasteiger charge is 2.61. The molecule has 32 heavy (non-hydrogen) atoms. The molecule has 5 atom stereocenters. The van der Waals surface area contributed by atoms with Gasteiger partial charge >= 0.3 is 5.69 Å². The van der Waals surface area contributed by atoms with E-state index in [1.165, 1.54) is 35.2 Å². The molecule has 1 amide bonds. The second-order valence-corrected chi connectivity index (χ2v) is 10.1. The number of fused-ring (bicyclic) bond motifs is 1. The van der Waals surface area contributed by atoms with Crippen molar-refractivity contribution in [3.05, 3.63) is 69.0 Å². The summed E-state index contributed by atoms with van der Waals surface area (Å²) in [4.78, 5) is 44.3. The fourth-order valence-electron chi connectivity index (χ4n) is 6.85. The summed E-state index contributed by atoms with van der Waals surface area (Å²) in [5.74, 6) is -0.0214. The molecule has 1 aromatic heterocycles. The minimum atomic E-state index is -0.532. The van der Waals surface area contributed by atoms with E-state index < -0.39 is 11.2 Å². The lowest BCUT2D eigenvalue weighted by atomic mass is 9.69. The third-order valence-corrected chi connectivity index (χ3v) is 8.31. The molecule has 7 heteroatoms. The number of piperidine rings is 1. The minimum absolute atomic E-state index is 0.0214. The van der Waals surface area contributed by atoms with Crippen LogP contribution in [0.5, 0.6) is 0 Å². The Bertz CT molecular complexity index is 1110. The first-order chi connectivity index (χ1) is 15.4. The van der Waals surface area contributed by atoms with Gasteiger partial charge in [0.25, 0.3) is 5.56 Å². The Balaban J connectivity index is 1.51. The molecule has 1 aliphatic carbocycles. The standard InChI is InChI=1S/C25H32N4O3/c1-25-15-19-18(14-17-8-4-3-5-9-17)27(2)20(25)10-6-7-11-21(25)29(19)23(31)16-28-13-12-22(30)26-24(28)32/h3-5,8-9,12-13,18-21H,6-7,10-11,14-16H2,1-2H3,(H,26,30,32)/t18-,19-,20+,21-,25+/m0/s1. The van der Waals surface area contributed by atoms with Gasteiger partial charge in [0.2, 0.25) is 5.91 Å². The maximum Gasteiger partial charge on any atom is 0.328 e. The maximum atomic E-state index is 13.7. The second kappa shape index (κ2) is 8.03. The highest BCUT2D eigenvalue weighted by molar-refractivity contribution is 5.77. The van der Waals surface area contributed by atoms with E-state index in [0.29, 0.717) is 6.04 Å². The lowest BCUT2D eigenvalue weighted by molar-refractivity contribution is -0.136. The summed E-state index contributed by atoms with van der Waals surface area (Å²) in [6.07, 6.45) is 7.84. The minimum Gasteiger partial charge on any atom is -0.333 e. The molecule has 2 saturated heterocycles. The van der Waals surface area contributed by atoms with E-state index in [0.717, 1.165) is 25.7 Å². The van der Waals surface area contributed by atoms with Gasteiger partial charge in [0, 0.05) is 41.8 Å². The number of rotatable bonds is 4. The predicted octanol–water partition coefficient (Wildman–Crippen LogP) is 2.01. The van der Waals surface area contributed by atoms with Crippen molar-refractivity contribution in [3.63, 3.8) is 0 Å². The molecule has 0 radical (unpaired) electrons. The summed E-state index contributed by atoms with van der Waals surface area (Å²) in [6.45, 7) is 2.33. The van der Waals surface area contributed by atoms with Gasteiger partial charge in [0.15, 0.2) is 0 Å². The van der Waals surface area contributed by atoms with E-state index in [1.54, 1.807) is 0 Å². The Morgan fingerprint density at radius 1 is 1.09 bits per heavy atom. The molecule has 7 nitrogen and oxygen atoms in total. The van der Waals surface area contributed by atoms with E-state index in [1.807, 2.05) is 6.07 Å². The van der Waals surface area contributed by atoms with Gasteiger partial charge in [-0.2, -0.15) is 0 Å². The first-order valence-corrected chi connectivity index (χ1v) is 11.8. The fourth-order valence-corrected chi connectivity index (χ4v) is 6.85. The van der Waals surface area contributed by atoms with Crippen LogP contribution in [0.4, 0.5) is 0 Å². The molecule has 3 fully saturated rings. The smallest absolute Gasteiger partial charge is 0.328 e. The monoisotopic (exact) mass is 436 g/mol. The number of aromatic nitrogens is 2. The van der Waals surface area contributed by atoms with Gasteiger partial charge in [-0.25, -0.2) is 4.79 Å². The van der Waals surface area contributed by atoms with Crippen LogP contribution in [0, 0.1) is 5.41 Å². The predicted molar refractivity (Wildman–Crippen MR) is 122 cm³/mol. The van der Waals surface area contributed by atoms with Crippen LogP contribution in [-0.4, -0.2) is 56.5 Å². The number of hydrogen-bond donors (Lipinski definition) is 1. The number of benzene rings is 1. The number of amides is 1. The Labute approximate surface area is 188 Å². The van der Waals surface area contributed by atoms with Crippen molar-refractivity contribution in [1.82, 2.24) is 19.4 Å². The topological polar surface area (TPSA) is 78.4 Å². The number of carbonyl (C=O) groups is 1.